The molecule has 1 aromatic heterocycles. The van der Waals surface area contributed by atoms with E-state index in [4.69, 9.17) is 0 Å². The number of carbonyl (C=O) groups excluding carboxylic acids is 2. The van der Waals surface area contributed by atoms with Crippen LogP contribution in [0.4, 0.5) is 0 Å². The topological polar surface area (TPSA) is 68.8 Å². The van der Waals surface area contributed by atoms with E-state index in [0.29, 0.717) is 18.6 Å². The molecular formula is C30H41N5O2. The van der Waals surface area contributed by atoms with Gasteiger partial charge in [-0.1, -0.05) is 36.8 Å². The Balaban J connectivity index is 1.14. The summed E-state index contributed by atoms with van der Waals surface area (Å²) in [6.45, 7) is 8.17. The van der Waals surface area contributed by atoms with E-state index in [9.17, 15) is 9.59 Å². The summed E-state index contributed by atoms with van der Waals surface area (Å²) in [5, 5.41) is 3.24. The predicted octanol–water partition coefficient (Wildman–Crippen LogP) is 3.58. The number of nitrogens with one attached hydrogen (secondary N) is 1. The van der Waals surface area contributed by atoms with Gasteiger partial charge in [-0.15, -0.1) is 0 Å². The van der Waals surface area contributed by atoms with Crippen molar-refractivity contribution in [1.29, 1.82) is 0 Å². The van der Waals surface area contributed by atoms with Gasteiger partial charge in [-0.3, -0.25) is 24.4 Å². The largest absolute Gasteiger partial charge is 0.354 e. The molecule has 3 aliphatic rings. The number of aryl methyl sites for hydroxylation is 2. The van der Waals surface area contributed by atoms with E-state index in [1.807, 2.05) is 30.9 Å². The summed E-state index contributed by atoms with van der Waals surface area (Å²) in [5.74, 6) is 0.559. The number of likely N-dealkylation sites (tertiary alicyclic amines) is 2. The van der Waals surface area contributed by atoms with Crippen LogP contribution < -0.4 is 5.32 Å². The molecule has 0 bridgehead atoms. The first kappa shape index (κ1) is 25.9. The van der Waals surface area contributed by atoms with Crippen LogP contribution in [-0.4, -0.2) is 83.4 Å². The maximum atomic E-state index is 13.2. The van der Waals surface area contributed by atoms with Crippen molar-refractivity contribution in [2.75, 3.05) is 39.8 Å². The fraction of sp³-hybridized carbons (Fsp3) is 0.567. The number of benzene rings is 1. The lowest BCUT2D eigenvalue weighted by atomic mass is 9.84. The number of rotatable bonds is 8. The molecule has 0 spiro atoms. The molecule has 1 atom stereocenters. The summed E-state index contributed by atoms with van der Waals surface area (Å²) in [4.78, 5) is 37.1. The number of carbonyl (C=O) groups is 2. The fourth-order valence-electron chi connectivity index (χ4n) is 6.09. The van der Waals surface area contributed by atoms with Gasteiger partial charge < -0.3 is 10.2 Å². The first-order valence-electron chi connectivity index (χ1n) is 13.9. The number of pyridine rings is 1. The molecule has 7 nitrogen and oxygen atoms in total. The third-order valence-corrected chi connectivity index (χ3v) is 8.93. The Morgan fingerprint density at radius 1 is 1.03 bits per heavy atom. The van der Waals surface area contributed by atoms with Gasteiger partial charge in [-0.2, -0.15) is 0 Å². The van der Waals surface area contributed by atoms with Gasteiger partial charge in [-0.05, 0) is 63.8 Å². The summed E-state index contributed by atoms with van der Waals surface area (Å²) in [7, 11) is 2.25. The SMILES string of the molecule is Cc1ccnc(C)c1C(=O)N1CCC(N(C)C2CN(C(CNC(=O)C3CCC3)c3ccccc3)C2)CC1. The fourth-order valence-corrected chi connectivity index (χ4v) is 6.09. The highest BCUT2D eigenvalue weighted by Crippen LogP contribution is 2.31. The summed E-state index contributed by atoms with van der Waals surface area (Å²) in [6, 6.07) is 13.7. The average Bonchev–Trinajstić information content (AvgIpc) is 2.84. The van der Waals surface area contributed by atoms with Crippen molar-refractivity contribution >= 4 is 11.8 Å². The monoisotopic (exact) mass is 503 g/mol. The van der Waals surface area contributed by atoms with Crippen LogP contribution >= 0.6 is 0 Å². The van der Waals surface area contributed by atoms with Crippen LogP contribution in [0.1, 0.15) is 65.3 Å². The minimum atomic E-state index is 0.119. The van der Waals surface area contributed by atoms with Crippen LogP contribution in [0.15, 0.2) is 42.6 Å². The summed E-state index contributed by atoms with van der Waals surface area (Å²) in [6.07, 6.45) is 7.01. The molecule has 1 aromatic carbocycles. The highest BCUT2D eigenvalue weighted by atomic mass is 16.2. The second-order valence-electron chi connectivity index (χ2n) is 11.2. The minimum absolute atomic E-state index is 0.119. The Kier molecular flexibility index (Phi) is 7.91. The molecule has 1 N–H and O–H groups in total. The Morgan fingerprint density at radius 3 is 2.35 bits per heavy atom. The van der Waals surface area contributed by atoms with E-state index in [1.54, 1.807) is 6.20 Å². The Morgan fingerprint density at radius 2 is 1.73 bits per heavy atom. The van der Waals surface area contributed by atoms with E-state index in [1.165, 1.54) is 12.0 Å². The normalized spacial score (nSPS) is 20.4. The maximum Gasteiger partial charge on any atom is 0.255 e. The molecule has 3 heterocycles. The average molecular weight is 504 g/mol. The minimum Gasteiger partial charge on any atom is -0.354 e. The molecule has 2 saturated heterocycles. The van der Waals surface area contributed by atoms with Gasteiger partial charge in [0.1, 0.15) is 0 Å². The van der Waals surface area contributed by atoms with E-state index < -0.39 is 0 Å². The van der Waals surface area contributed by atoms with Crippen molar-refractivity contribution < 1.29 is 9.59 Å². The molecule has 2 amide bonds. The molecule has 1 aliphatic carbocycles. The maximum absolute atomic E-state index is 13.2. The predicted molar refractivity (Wildman–Crippen MR) is 145 cm³/mol. The summed E-state index contributed by atoms with van der Waals surface area (Å²) in [5.41, 5.74) is 3.85. The number of likely N-dealkylation sites (N-methyl/N-ethyl adjacent to an activating group) is 1. The quantitative estimate of drug-likeness (QED) is 0.597. The highest BCUT2D eigenvalue weighted by molar-refractivity contribution is 5.96. The summed E-state index contributed by atoms with van der Waals surface area (Å²) < 4.78 is 0. The zero-order valence-corrected chi connectivity index (χ0v) is 22.5. The third kappa shape index (κ3) is 5.58. The smallest absolute Gasteiger partial charge is 0.255 e. The van der Waals surface area contributed by atoms with Crippen LogP contribution in [0.25, 0.3) is 0 Å². The van der Waals surface area contributed by atoms with Crippen molar-refractivity contribution in [3.05, 3.63) is 65.0 Å². The van der Waals surface area contributed by atoms with Gasteiger partial charge in [0.2, 0.25) is 5.91 Å². The van der Waals surface area contributed by atoms with Crippen molar-refractivity contribution in [3.8, 4) is 0 Å². The second kappa shape index (κ2) is 11.3. The van der Waals surface area contributed by atoms with Gasteiger partial charge in [0, 0.05) is 56.9 Å². The number of hydrogen-bond acceptors (Lipinski definition) is 5. The summed E-state index contributed by atoms with van der Waals surface area (Å²) >= 11 is 0. The number of hydrogen-bond donors (Lipinski definition) is 1. The number of aromatic nitrogens is 1. The molecule has 0 radical (unpaired) electrons. The Labute approximate surface area is 221 Å². The van der Waals surface area contributed by atoms with E-state index in [-0.39, 0.29) is 23.8 Å². The van der Waals surface area contributed by atoms with Crippen LogP contribution in [0.2, 0.25) is 0 Å². The van der Waals surface area contributed by atoms with Gasteiger partial charge in [0.25, 0.3) is 5.91 Å². The first-order chi connectivity index (χ1) is 17.9. The third-order valence-electron chi connectivity index (χ3n) is 8.93. The molecule has 2 aromatic rings. The molecule has 1 saturated carbocycles. The lowest BCUT2D eigenvalue weighted by Gasteiger charge is -2.51. The number of amides is 2. The molecule has 37 heavy (non-hydrogen) atoms. The zero-order valence-electron chi connectivity index (χ0n) is 22.5. The standard InChI is InChI=1S/C30H41N5O2/c1-21-12-15-31-22(2)28(21)30(37)34-16-13-25(14-17-34)33(3)26-19-35(20-26)27(23-8-5-4-6-9-23)18-32-29(36)24-10-7-11-24/h4-6,8-9,12,15,24-27H,7,10-11,13-14,16-20H2,1-3H3,(H,32,36). The first-order valence-corrected chi connectivity index (χ1v) is 13.9. The second-order valence-corrected chi connectivity index (χ2v) is 11.2. The van der Waals surface area contributed by atoms with E-state index >= 15 is 0 Å². The van der Waals surface area contributed by atoms with Crippen LogP contribution in [0.3, 0.4) is 0 Å². The van der Waals surface area contributed by atoms with Crippen molar-refractivity contribution in [2.45, 2.75) is 64.1 Å². The lowest BCUT2D eigenvalue weighted by Crippen LogP contribution is -2.63. The Bertz CT molecular complexity index is 1070. The molecule has 7 heteroatoms. The number of piperidine rings is 1. The van der Waals surface area contributed by atoms with E-state index in [2.05, 4.69) is 51.4 Å². The molecule has 1 unspecified atom stereocenters. The molecule has 198 valence electrons. The molecule has 2 aliphatic heterocycles. The van der Waals surface area contributed by atoms with Gasteiger partial charge in [0.15, 0.2) is 0 Å². The van der Waals surface area contributed by atoms with Crippen LogP contribution in [0.5, 0.6) is 0 Å². The van der Waals surface area contributed by atoms with Gasteiger partial charge >= 0.3 is 0 Å². The zero-order chi connectivity index (χ0) is 25.9. The van der Waals surface area contributed by atoms with Crippen molar-refractivity contribution in [3.63, 3.8) is 0 Å². The lowest BCUT2D eigenvalue weighted by molar-refractivity contribution is -0.127. The van der Waals surface area contributed by atoms with Crippen LogP contribution in [-0.2, 0) is 4.79 Å². The highest BCUT2D eigenvalue weighted by Gasteiger charge is 2.39. The Hall–Kier alpha value is -2.77. The van der Waals surface area contributed by atoms with Crippen molar-refractivity contribution in [1.82, 2.24) is 25.0 Å². The molecule has 3 fully saturated rings. The number of nitrogens with zero attached hydrogens (tertiary/aromatic N) is 4. The van der Waals surface area contributed by atoms with E-state index in [0.717, 1.165) is 68.7 Å². The van der Waals surface area contributed by atoms with Gasteiger partial charge in [0.05, 0.1) is 17.3 Å². The van der Waals surface area contributed by atoms with Crippen molar-refractivity contribution in [2.24, 2.45) is 5.92 Å². The molecule has 5 rings (SSSR count). The van der Waals surface area contributed by atoms with Crippen LogP contribution in [0, 0.1) is 19.8 Å². The van der Waals surface area contributed by atoms with Gasteiger partial charge in [-0.25, -0.2) is 0 Å². The molecular weight excluding hydrogens is 462 g/mol.